The predicted molar refractivity (Wildman–Crippen MR) is 41.4 cm³/mol. The molecule has 0 fully saturated rings. The van der Waals surface area contributed by atoms with E-state index in [1.54, 1.807) is 6.08 Å². The Kier molecular flexibility index (Phi) is 6.08. The van der Waals surface area contributed by atoms with Crippen molar-refractivity contribution >= 4 is 5.97 Å². The summed E-state index contributed by atoms with van der Waals surface area (Å²) in [4.78, 5) is 18.9. The third-order valence-corrected chi connectivity index (χ3v) is 0.904. The standard InChI is InChI=1S/C8H12O3/c1-3-5-6-7-10-11-8(9)4-2/h4,6-7H,2-3,5H2,1H3. The van der Waals surface area contributed by atoms with Crippen LogP contribution in [0, 0.1) is 0 Å². The minimum atomic E-state index is -0.592. The van der Waals surface area contributed by atoms with E-state index in [0.717, 1.165) is 18.9 Å². The number of hydrogen-bond donors (Lipinski definition) is 0. The first kappa shape index (κ1) is 9.75. The molecule has 0 atom stereocenters. The average molecular weight is 156 g/mol. The van der Waals surface area contributed by atoms with Gasteiger partial charge in [-0.15, -0.1) is 0 Å². The van der Waals surface area contributed by atoms with E-state index in [1.165, 1.54) is 6.26 Å². The quantitative estimate of drug-likeness (QED) is 0.264. The first-order chi connectivity index (χ1) is 5.31. The SMILES string of the molecule is C=CC(=O)OOC=CCCC. The van der Waals surface area contributed by atoms with Gasteiger partial charge in [0.25, 0.3) is 0 Å². The monoisotopic (exact) mass is 156 g/mol. The lowest BCUT2D eigenvalue weighted by Gasteiger charge is -1.94. The highest BCUT2D eigenvalue weighted by Gasteiger charge is 1.91. The van der Waals surface area contributed by atoms with Crippen molar-refractivity contribution < 1.29 is 14.6 Å². The largest absolute Gasteiger partial charge is 0.378 e. The van der Waals surface area contributed by atoms with Crippen LogP contribution < -0.4 is 0 Å². The van der Waals surface area contributed by atoms with Gasteiger partial charge in [-0.1, -0.05) is 19.9 Å². The van der Waals surface area contributed by atoms with E-state index in [0.29, 0.717) is 0 Å². The molecule has 0 aliphatic carbocycles. The average Bonchev–Trinajstić information content (AvgIpc) is 2.04. The van der Waals surface area contributed by atoms with Crippen LogP contribution in [0.3, 0.4) is 0 Å². The second-order valence-corrected chi connectivity index (χ2v) is 1.86. The third-order valence-electron chi connectivity index (χ3n) is 0.904. The fourth-order valence-electron chi connectivity index (χ4n) is 0.383. The Morgan fingerprint density at radius 1 is 1.64 bits per heavy atom. The van der Waals surface area contributed by atoms with Crippen molar-refractivity contribution in [3.63, 3.8) is 0 Å². The lowest BCUT2D eigenvalue weighted by atomic mass is 10.3. The molecule has 0 aromatic heterocycles. The molecule has 0 saturated carbocycles. The Labute approximate surface area is 66.2 Å². The third kappa shape index (κ3) is 6.64. The van der Waals surface area contributed by atoms with Gasteiger partial charge in [-0.2, -0.15) is 0 Å². The van der Waals surface area contributed by atoms with Crippen LogP contribution in [-0.2, 0) is 14.6 Å². The Morgan fingerprint density at radius 3 is 2.91 bits per heavy atom. The van der Waals surface area contributed by atoms with E-state index in [4.69, 9.17) is 0 Å². The van der Waals surface area contributed by atoms with Crippen molar-refractivity contribution in [2.45, 2.75) is 19.8 Å². The van der Waals surface area contributed by atoms with Crippen LogP contribution in [0.15, 0.2) is 25.0 Å². The molecule has 0 aromatic rings. The molecule has 0 aromatic carbocycles. The molecule has 0 radical (unpaired) electrons. The highest BCUT2D eigenvalue weighted by Crippen LogP contribution is 1.90. The first-order valence-corrected chi connectivity index (χ1v) is 3.46. The summed E-state index contributed by atoms with van der Waals surface area (Å²) in [7, 11) is 0. The summed E-state index contributed by atoms with van der Waals surface area (Å²) in [6, 6.07) is 0. The molecule has 0 unspecified atom stereocenters. The van der Waals surface area contributed by atoms with Crippen LogP contribution in [0.2, 0.25) is 0 Å². The van der Waals surface area contributed by atoms with Gasteiger partial charge in [0, 0.05) is 6.08 Å². The molecule has 0 aliphatic heterocycles. The van der Waals surface area contributed by atoms with Crippen LogP contribution in [0.4, 0.5) is 0 Å². The number of hydrogen-bond acceptors (Lipinski definition) is 3. The number of rotatable bonds is 5. The molecule has 3 heteroatoms. The summed E-state index contributed by atoms with van der Waals surface area (Å²) < 4.78 is 0. The number of unbranched alkanes of at least 4 members (excludes halogenated alkanes) is 1. The van der Waals surface area contributed by atoms with Gasteiger partial charge < -0.3 is 0 Å². The minimum Gasteiger partial charge on any atom is -0.295 e. The molecule has 0 amide bonds. The summed E-state index contributed by atoms with van der Waals surface area (Å²) in [5, 5.41) is 0. The van der Waals surface area contributed by atoms with Crippen LogP contribution in [0.1, 0.15) is 19.8 Å². The second kappa shape index (κ2) is 6.86. The summed E-state index contributed by atoms with van der Waals surface area (Å²) in [5.41, 5.74) is 0. The van der Waals surface area contributed by atoms with Crippen molar-refractivity contribution in [3.05, 3.63) is 25.0 Å². The Hall–Kier alpha value is -1.25. The van der Waals surface area contributed by atoms with Crippen molar-refractivity contribution in [3.8, 4) is 0 Å². The number of carbonyl (C=O) groups is 1. The molecule has 0 rings (SSSR count). The van der Waals surface area contributed by atoms with Gasteiger partial charge in [-0.25, -0.2) is 9.68 Å². The van der Waals surface area contributed by atoms with Gasteiger partial charge in [-0.3, -0.25) is 4.89 Å². The highest BCUT2D eigenvalue weighted by molar-refractivity contribution is 5.80. The molecule has 3 nitrogen and oxygen atoms in total. The van der Waals surface area contributed by atoms with E-state index in [1.807, 2.05) is 6.92 Å². The molecule has 0 bridgehead atoms. The molecule has 0 saturated heterocycles. The highest BCUT2D eigenvalue weighted by atomic mass is 17.2. The van der Waals surface area contributed by atoms with Gasteiger partial charge in [0.05, 0.1) is 0 Å². The van der Waals surface area contributed by atoms with E-state index < -0.39 is 5.97 Å². The Balaban J connectivity index is 3.26. The fourth-order valence-corrected chi connectivity index (χ4v) is 0.383. The molecule has 0 spiro atoms. The van der Waals surface area contributed by atoms with Crippen molar-refractivity contribution in [1.82, 2.24) is 0 Å². The zero-order valence-electron chi connectivity index (χ0n) is 6.58. The Morgan fingerprint density at radius 2 is 2.36 bits per heavy atom. The summed E-state index contributed by atoms with van der Waals surface area (Å²) in [6.45, 7) is 5.24. The smallest absolute Gasteiger partial charge is 0.295 e. The Bertz CT molecular complexity index is 149. The fraction of sp³-hybridized carbons (Fsp3) is 0.375. The van der Waals surface area contributed by atoms with E-state index in [9.17, 15) is 4.79 Å². The maximum absolute atomic E-state index is 10.3. The molecule has 0 aliphatic rings. The predicted octanol–water partition coefficient (Wildman–Crippen LogP) is 1.96. The summed E-state index contributed by atoms with van der Waals surface area (Å²) in [6.07, 6.45) is 6.09. The van der Waals surface area contributed by atoms with Crippen LogP contribution in [0.25, 0.3) is 0 Å². The zero-order valence-corrected chi connectivity index (χ0v) is 6.58. The van der Waals surface area contributed by atoms with Gasteiger partial charge in [0.15, 0.2) is 0 Å². The number of allylic oxidation sites excluding steroid dienone is 1. The number of carbonyl (C=O) groups excluding carboxylic acids is 1. The van der Waals surface area contributed by atoms with Crippen molar-refractivity contribution in [2.75, 3.05) is 0 Å². The van der Waals surface area contributed by atoms with Gasteiger partial charge in [0.2, 0.25) is 0 Å². The van der Waals surface area contributed by atoms with Gasteiger partial charge in [0.1, 0.15) is 6.26 Å². The van der Waals surface area contributed by atoms with E-state index in [-0.39, 0.29) is 0 Å². The van der Waals surface area contributed by atoms with Gasteiger partial charge in [-0.05, 0) is 12.5 Å². The zero-order chi connectivity index (χ0) is 8.53. The second-order valence-electron chi connectivity index (χ2n) is 1.86. The molecular formula is C8H12O3. The van der Waals surface area contributed by atoms with Crippen molar-refractivity contribution in [1.29, 1.82) is 0 Å². The van der Waals surface area contributed by atoms with Crippen LogP contribution in [0.5, 0.6) is 0 Å². The molecular weight excluding hydrogens is 144 g/mol. The molecule has 62 valence electrons. The van der Waals surface area contributed by atoms with Crippen molar-refractivity contribution in [2.24, 2.45) is 0 Å². The van der Waals surface area contributed by atoms with E-state index in [2.05, 4.69) is 16.4 Å². The normalized spacial score (nSPS) is 9.55. The molecule has 11 heavy (non-hydrogen) atoms. The maximum atomic E-state index is 10.3. The topological polar surface area (TPSA) is 35.5 Å². The van der Waals surface area contributed by atoms with E-state index >= 15 is 0 Å². The maximum Gasteiger partial charge on any atom is 0.378 e. The summed E-state index contributed by atoms with van der Waals surface area (Å²) >= 11 is 0. The molecule has 0 heterocycles. The minimum absolute atomic E-state index is 0.592. The van der Waals surface area contributed by atoms with Crippen LogP contribution in [-0.4, -0.2) is 5.97 Å². The molecule has 0 N–H and O–H groups in total. The lowest BCUT2D eigenvalue weighted by Crippen LogP contribution is -1.96. The first-order valence-electron chi connectivity index (χ1n) is 3.46. The van der Waals surface area contributed by atoms with Gasteiger partial charge >= 0.3 is 5.97 Å². The lowest BCUT2D eigenvalue weighted by molar-refractivity contribution is -0.232. The summed E-state index contributed by atoms with van der Waals surface area (Å²) in [5.74, 6) is -0.592. The van der Waals surface area contributed by atoms with Crippen LogP contribution >= 0.6 is 0 Å².